The second-order valence-corrected chi connectivity index (χ2v) is 7.14. The van der Waals surface area contributed by atoms with Crippen molar-refractivity contribution in [1.82, 2.24) is 5.32 Å². The maximum absolute atomic E-state index is 12.3. The smallest absolute Gasteiger partial charge is 0.251 e. The first-order valence-corrected chi connectivity index (χ1v) is 9.67. The van der Waals surface area contributed by atoms with E-state index >= 15 is 0 Å². The first kappa shape index (κ1) is 19.1. The van der Waals surface area contributed by atoms with Crippen molar-refractivity contribution >= 4 is 17.5 Å². The van der Waals surface area contributed by atoms with Gasteiger partial charge in [0.25, 0.3) is 5.91 Å². The quantitative estimate of drug-likeness (QED) is 0.740. The molecular weight excluding hydrogens is 338 g/mol. The lowest BCUT2D eigenvalue weighted by atomic mass is 10.1. The summed E-state index contributed by atoms with van der Waals surface area (Å²) < 4.78 is 0. The van der Waals surface area contributed by atoms with E-state index in [9.17, 15) is 9.59 Å². The predicted molar refractivity (Wildman–Crippen MR) is 107 cm³/mol. The van der Waals surface area contributed by atoms with Crippen molar-refractivity contribution in [3.8, 4) is 0 Å². The lowest BCUT2D eigenvalue weighted by molar-refractivity contribution is -0.878. The van der Waals surface area contributed by atoms with E-state index in [2.05, 4.69) is 36.6 Å². The lowest BCUT2D eigenvalue weighted by Gasteiger charge is -2.16. The highest BCUT2D eigenvalue weighted by Crippen LogP contribution is 2.21. The van der Waals surface area contributed by atoms with E-state index in [1.54, 1.807) is 17.0 Å². The first-order valence-electron chi connectivity index (χ1n) is 9.67. The molecule has 1 aliphatic rings. The van der Waals surface area contributed by atoms with Gasteiger partial charge in [0.2, 0.25) is 5.91 Å². The third-order valence-corrected chi connectivity index (χ3v) is 5.04. The topological polar surface area (TPSA) is 53.9 Å². The minimum absolute atomic E-state index is 0.0647. The van der Waals surface area contributed by atoms with Gasteiger partial charge in [-0.15, -0.1) is 0 Å². The van der Waals surface area contributed by atoms with Gasteiger partial charge in [-0.1, -0.05) is 30.3 Å². The second kappa shape index (κ2) is 9.33. The highest BCUT2D eigenvalue weighted by molar-refractivity contribution is 5.97. The Balaban J connectivity index is 1.40. The summed E-state index contributed by atoms with van der Waals surface area (Å²) in [5, 5.41) is 2.99. The van der Waals surface area contributed by atoms with Gasteiger partial charge in [-0.05, 0) is 36.2 Å². The van der Waals surface area contributed by atoms with Gasteiger partial charge in [0.1, 0.15) is 0 Å². The zero-order valence-corrected chi connectivity index (χ0v) is 15.9. The van der Waals surface area contributed by atoms with Gasteiger partial charge < -0.3 is 15.1 Å². The Morgan fingerprint density at radius 1 is 1.07 bits per heavy atom. The molecule has 1 fully saturated rings. The lowest BCUT2D eigenvalue weighted by Crippen LogP contribution is -3.10. The molecule has 2 N–H and O–H groups in total. The molecule has 5 heteroatoms. The first-order chi connectivity index (χ1) is 13.1. The van der Waals surface area contributed by atoms with Gasteiger partial charge in [0, 0.05) is 30.6 Å². The highest BCUT2D eigenvalue weighted by Gasteiger charge is 2.21. The Bertz CT molecular complexity index is 759. The molecule has 1 aliphatic heterocycles. The van der Waals surface area contributed by atoms with Crippen LogP contribution in [0.25, 0.3) is 0 Å². The van der Waals surface area contributed by atoms with Crippen molar-refractivity contribution in [2.24, 2.45) is 0 Å². The van der Waals surface area contributed by atoms with Crippen molar-refractivity contribution in [2.45, 2.75) is 19.3 Å². The molecule has 142 valence electrons. The number of nitrogens with zero attached hydrogens (tertiary/aromatic N) is 1. The molecule has 5 nitrogen and oxygen atoms in total. The fraction of sp³-hybridized carbons (Fsp3) is 0.364. The number of likely N-dealkylation sites (N-methyl/N-ethyl adjacent to an activating group) is 1. The number of amides is 2. The molecular formula is C22H28N3O2+. The van der Waals surface area contributed by atoms with E-state index in [0.29, 0.717) is 18.5 Å². The zero-order chi connectivity index (χ0) is 19.1. The summed E-state index contributed by atoms with van der Waals surface area (Å²) in [6.45, 7) is 3.34. The fourth-order valence-electron chi connectivity index (χ4n) is 3.33. The number of anilines is 1. The monoisotopic (exact) mass is 366 g/mol. The summed E-state index contributed by atoms with van der Waals surface area (Å²) in [6, 6.07) is 17.8. The van der Waals surface area contributed by atoms with Crippen LogP contribution < -0.4 is 15.1 Å². The van der Waals surface area contributed by atoms with Crippen LogP contribution in [0.15, 0.2) is 54.6 Å². The summed E-state index contributed by atoms with van der Waals surface area (Å²) in [5.41, 5.74) is 2.85. The number of carbonyl (C=O) groups is 2. The molecule has 0 aliphatic carbocycles. The molecule has 1 atom stereocenters. The van der Waals surface area contributed by atoms with Gasteiger partial charge in [-0.3, -0.25) is 9.59 Å². The number of benzene rings is 2. The standard InChI is InChI=1S/C22H27N3O2/c1-24(16-13-18-6-3-2-4-7-18)17-14-23-22(27)19-9-11-20(12-10-19)25-15-5-8-21(25)26/h2-4,6-7,9-12H,5,8,13-17H2,1H3,(H,23,27)/p+1. The molecule has 0 radical (unpaired) electrons. The SMILES string of the molecule is C[NH+](CCNC(=O)c1ccc(N2CCCC2=O)cc1)CCc1ccccc1. The van der Waals surface area contributed by atoms with E-state index in [1.807, 2.05) is 18.2 Å². The van der Waals surface area contributed by atoms with Crippen molar-refractivity contribution in [1.29, 1.82) is 0 Å². The molecule has 2 amide bonds. The average Bonchev–Trinajstić information content (AvgIpc) is 3.13. The molecule has 1 unspecified atom stereocenters. The second-order valence-electron chi connectivity index (χ2n) is 7.14. The van der Waals surface area contributed by atoms with Gasteiger partial charge in [-0.25, -0.2) is 0 Å². The number of rotatable bonds is 8. The Morgan fingerprint density at radius 2 is 1.81 bits per heavy atom. The predicted octanol–water partition coefficient (Wildman–Crippen LogP) is 1.30. The molecule has 0 saturated carbocycles. The van der Waals surface area contributed by atoms with Crippen LogP contribution in [0, 0.1) is 0 Å². The van der Waals surface area contributed by atoms with Gasteiger partial charge in [0.15, 0.2) is 0 Å². The van der Waals surface area contributed by atoms with Crippen molar-refractivity contribution in [3.05, 3.63) is 65.7 Å². The Labute approximate surface area is 161 Å². The van der Waals surface area contributed by atoms with Crippen molar-refractivity contribution in [2.75, 3.05) is 38.1 Å². The van der Waals surface area contributed by atoms with E-state index < -0.39 is 0 Å². The zero-order valence-electron chi connectivity index (χ0n) is 15.9. The summed E-state index contributed by atoms with van der Waals surface area (Å²) in [6.07, 6.45) is 2.56. The molecule has 27 heavy (non-hydrogen) atoms. The van der Waals surface area contributed by atoms with E-state index in [4.69, 9.17) is 0 Å². The average molecular weight is 366 g/mol. The Kier molecular flexibility index (Phi) is 6.60. The maximum Gasteiger partial charge on any atom is 0.251 e. The summed E-state index contributed by atoms with van der Waals surface area (Å²) in [4.78, 5) is 27.3. The molecule has 0 aromatic heterocycles. The van der Waals surface area contributed by atoms with Crippen LogP contribution in [0.4, 0.5) is 5.69 Å². The number of carbonyl (C=O) groups excluding carboxylic acids is 2. The molecule has 3 rings (SSSR count). The van der Waals surface area contributed by atoms with Crippen molar-refractivity contribution in [3.63, 3.8) is 0 Å². The van der Waals surface area contributed by atoms with Crippen LogP contribution >= 0.6 is 0 Å². The summed E-state index contributed by atoms with van der Waals surface area (Å²) in [7, 11) is 2.15. The van der Waals surface area contributed by atoms with Crippen LogP contribution in [0.5, 0.6) is 0 Å². The van der Waals surface area contributed by atoms with E-state index in [0.717, 1.165) is 38.2 Å². The van der Waals surface area contributed by atoms with E-state index in [1.165, 1.54) is 10.5 Å². The Hall–Kier alpha value is -2.66. The summed E-state index contributed by atoms with van der Waals surface area (Å²) in [5.74, 6) is 0.0962. The fourth-order valence-corrected chi connectivity index (χ4v) is 3.33. The maximum atomic E-state index is 12.3. The molecule has 1 saturated heterocycles. The summed E-state index contributed by atoms with van der Waals surface area (Å²) >= 11 is 0. The van der Waals surface area contributed by atoms with Crippen LogP contribution in [-0.4, -0.2) is 45.0 Å². The number of nitrogens with one attached hydrogen (secondary N) is 2. The minimum atomic E-state index is -0.0647. The van der Waals surface area contributed by atoms with E-state index in [-0.39, 0.29) is 11.8 Å². The van der Waals surface area contributed by atoms with Crippen molar-refractivity contribution < 1.29 is 14.5 Å². The van der Waals surface area contributed by atoms with Crippen LogP contribution in [0.2, 0.25) is 0 Å². The highest BCUT2D eigenvalue weighted by atomic mass is 16.2. The molecule has 0 spiro atoms. The van der Waals surface area contributed by atoms with Crippen LogP contribution in [0.1, 0.15) is 28.8 Å². The molecule has 0 bridgehead atoms. The van der Waals surface area contributed by atoms with Gasteiger partial charge in [-0.2, -0.15) is 0 Å². The van der Waals surface area contributed by atoms with Crippen LogP contribution in [-0.2, 0) is 11.2 Å². The third kappa shape index (κ3) is 5.41. The number of hydrogen-bond donors (Lipinski definition) is 2. The third-order valence-electron chi connectivity index (χ3n) is 5.04. The van der Waals surface area contributed by atoms with Crippen LogP contribution in [0.3, 0.4) is 0 Å². The number of hydrogen-bond acceptors (Lipinski definition) is 2. The molecule has 1 heterocycles. The normalized spacial score (nSPS) is 15.0. The Morgan fingerprint density at radius 3 is 2.48 bits per heavy atom. The number of quaternary nitrogens is 1. The van der Waals surface area contributed by atoms with Gasteiger partial charge in [0.05, 0.1) is 26.7 Å². The largest absolute Gasteiger partial charge is 0.346 e. The minimum Gasteiger partial charge on any atom is -0.346 e. The molecule has 2 aromatic rings. The van der Waals surface area contributed by atoms with Gasteiger partial charge >= 0.3 is 0 Å². The molecule has 2 aromatic carbocycles.